The van der Waals surface area contributed by atoms with Gasteiger partial charge in [0.2, 0.25) is 5.91 Å². The van der Waals surface area contributed by atoms with Gasteiger partial charge in [0.15, 0.2) is 0 Å². The quantitative estimate of drug-likeness (QED) is 0.732. The van der Waals surface area contributed by atoms with E-state index in [2.05, 4.69) is 15.4 Å². The van der Waals surface area contributed by atoms with Gasteiger partial charge in [-0.2, -0.15) is 5.10 Å². The molecule has 124 valence electrons. The zero-order valence-corrected chi connectivity index (χ0v) is 13.5. The number of para-hydroxylation sites is 1. The molecule has 1 saturated heterocycles. The van der Waals surface area contributed by atoms with Crippen LogP contribution in [0.15, 0.2) is 42.7 Å². The van der Waals surface area contributed by atoms with Crippen molar-refractivity contribution in [2.45, 2.75) is 38.4 Å². The van der Waals surface area contributed by atoms with E-state index in [0.717, 1.165) is 43.4 Å². The standard InChI is InChI=1S/C17H20N6O/c24-17(13-23-16-8-2-1-7-15(16)19-20-23)22-11-4-3-6-14(22)12-21-10-5-9-18-21/h1-2,5,7-10,14H,3-4,6,11-13H2/t14-/m0/s1. The molecule has 1 fully saturated rings. The highest BCUT2D eigenvalue weighted by molar-refractivity contribution is 5.80. The van der Waals surface area contributed by atoms with Crippen LogP contribution in [0.4, 0.5) is 0 Å². The van der Waals surface area contributed by atoms with Crippen LogP contribution in [0.3, 0.4) is 0 Å². The number of piperidine rings is 1. The number of aromatic nitrogens is 5. The van der Waals surface area contributed by atoms with Gasteiger partial charge < -0.3 is 4.90 Å². The number of hydrogen-bond donors (Lipinski definition) is 0. The fourth-order valence-electron chi connectivity index (χ4n) is 3.40. The fourth-order valence-corrected chi connectivity index (χ4v) is 3.40. The lowest BCUT2D eigenvalue weighted by molar-refractivity contribution is -0.136. The van der Waals surface area contributed by atoms with E-state index in [1.54, 1.807) is 10.9 Å². The molecule has 0 saturated carbocycles. The Kier molecular flexibility index (Phi) is 3.98. The van der Waals surface area contributed by atoms with Gasteiger partial charge in [-0.1, -0.05) is 17.3 Å². The SMILES string of the molecule is O=C(Cn1nnc2ccccc21)N1CCCC[C@H]1Cn1cccn1. The third-order valence-corrected chi connectivity index (χ3v) is 4.61. The summed E-state index contributed by atoms with van der Waals surface area (Å²) in [7, 11) is 0. The molecule has 2 aromatic heterocycles. The number of nitrogens with zero attached hydrogens (tertiary/aromatic N) is 6. The van der Waals surface area contributed by atoms with Crippen LogP contribution in [-0.2, 0) is 17.9 Å². The number of rotatable bonds is 4. The fraction of sp³-hybridized carbons (Fsp3) is 0.412. The van der Waals surface area contributed by atoms with Crippen LogP contribution in [0.25, 0.3) is 11.0 Å². The number of fused-ring (bicyclic) bond motifs is 1. The first kappa shape index (κ1) is 14.9. The van der Waals surface area contributed by atoms with Crippen molar-refractivity contribution in [3.8, 4) is 0 Å². The lowest BCUT2D eigenvalue weighted by Gasteiger charge is -2.35. The molecule has 24 heavy (non-hydrogen) atoms. The number of carbonyl (C=O) groups excluding carboxylic acids is 1. The van der Waals surface area contributed by atoms with E-state index >= 15 is 0 Å². The molecule has 1 atom stereocenters. The molecular formula is C17H20N6O. The molecular weight excluding hydrogens is 304 g/mol. The molecule has 7 nitrogen and oxygen atoms in total. The molecule has 0 unspecified atom stereocenters. The largest absolute Gasteiger partial charge is 0.336 e. The first-order chi connectivity index (χ1) is 11.8. The molecule has 0 spiro atoms. The number of hydrogen-bond acceptors (Lipinski definition) is 4. The van der Waals surface area contributed by atoms with Crippen LogP contribution in [0.2, 0.25) is 0 Å². The molecule has 3 aromatic rings. The molecule has 4 rings (SSSR count). The second-order valence-electron chi connectivity index (χ2n) is 6.20. The summed E-state index contributed by atoms with van der Waals surface area (Å²) in [6.45, 7) is 1.78. The van der Waals surface area contributed by atoms with E-state index in [4.69, 9.17) is 0 Å². The number of amides is 1. The topological polar surface area (TPSA) is 68.8 Å². The average Bonchev–Trinajstić information content (AvgIpc) is 3.26. The average molecular weight is 324 g/mol. The molecule has 1 aliphatic heterocycles. The second kappa shape index (κ2) is 6.43. The minimum atomic E-state index is 0.0995. The van der Waals surface area contributed by atoms with Crippen LogP contribution in [0, 0.1) is 0 Å². The Hall–Kier alpha value is -2.70. The highest BCUT2D eigenvalue weighted by Gasteiger charge is 2.27. The molecule has 0 aliphatic carbocycles. The zero-order valence-electron chi connectivity index (χ0n) is 13.5. The minimum Gasteiger partial charge on any atom is -0.336 e. The molecule has 1 amide bonds. The predicted octanol–water partition coefficient (Wildman–Crippen LogP) is 1.71. The van der Waals surface area contributed by atoms with Gasteiger partial charge in [0.05, 0.1) is 18.1 Å². The first-order valence-electron chi connectivity index (χ1n) is 8.36. The van der Waals surface area contributed by atoms with Gasteiger partial charge in [0.1, 0.15) is 12.1 Å². The van der Waals surface area contributed by atoms with Crippen molar-refractivity contribution in [2.24, 2.45) is 0 Å². The van der Waals surface area contributed by atoms with E-state index in [9.17, 15) is 4.79 Å². The van der Waals surface area contributed by atoms with Gasteiger partial charge in [-0.3, -0.25) is 9.48 Å². The van der Waals surface area contributed by atoms with E-state index < -0.39 is 0 Å². The zero-order chi connectivity index (χ0) is 16.4. The van der Waals surface area contributed by atoms with Crippen molar-refractivity contribution >= 4 is 16.9 Å². The Morgan fingerprint density at radius 2 is 2.12 bits per heavy atom. The van der Waals surface area contributed by atoms with Gasteiger partial charge in [0, 0.05) is 18.9 Å². The molecule has 3 heterocycles. The van der Waals surface area contributed by atoms with E-state index in [1.165, 1.54) is 0 Å². The van der Waals surface area contributed by atoms with Gasteiger partial charge >= 0.3 is 0 Å². The maximum Gasteiger partial charge on any atom is 0.244 e. The number of likely N-dealkylation sites (tertiary alicyclic amines) is 1. The Morgan fingerprint density at radius 3 is 3.00 bits per heavy atom. The highest BCUT2D eigenvalue weighted by Crippen LogP contribution is 2.19. The first-order valence-corrected chi connectivity index (χ1v) is 8.36. The van der Waals surface area contributed by atoms with E-state index in [-0.39, 0.29) is 18.5 Å². The van der Waals surface area contributed by atoms with Gasteiger partial charge in [-0.05, 0) is 37.5 Å². The van der Waals surface area contributed by atoms with Gasteiger partial charge in [0.25, 0.3) is 0 Å². The van der Waals surface area contributed by atoms with Crippen LogP contribution < -0.4 is 0 Å². The van der Waals surface area contributed by atoms with Gasteiger partial charge in [-0.15, -0.1) is 5.10 Å². The molecule has 1 aromatic carbocycles. The Bertz CT molecular complexity index is 825. The maximum atomic E-state index is 12.9. The van der Waals surface area contributed by atoms with Crippen molar-refractivity contribution in [1.29, 1.82) is 0 Å². The molecule has 0 radical (unpaired) electrons. The Labute approximate surface area is 139 Å². The third kappa shape index (κ3) is 2.89. The van der Waals surface area contributed by atoms with Crippen molar-refractivity contribution in [1.82, 2.24) is 29.7 Å². The predicted molar refractivity (Wildman–Crippen MR) is 89.1 cm³/mol. The summed E-state index contributed by atoms with van der Waals surface area (Å²) in [6.07, 6.45) is 6.95. The van der Waals surface area contributed by atoms with Crippen molar-refractivity contribution < 1.29 is 4.79 Å². The lowest BCUT2D eigenvalue weighted by atomic mass is 10.0. The second-order valence-corrected chi connectivity index (χ2v) is 6.20. The monoisotopic (exact) mass is 324 g/mol. The molecule has 1 aliphatic rings. The van der Waals surface area contributed by atoms with E-state index in [0.29, 0.717) is 0 Å². The Balaban J connectivity index is 1.51. The summed E-state index contributed by atoms with van der Waals surface area (Å²) in [5, 5.41) is 12.5. The van der Waals surface area contributed by atoms with Gasteiger partial charge in [-0.25, -0.2) is 4.68 Å². The Morgan fingerprint density at radius 1 is 1.21 bits per heavy atom. The summed E-state index contributed by atoms with van der Waals surface area (Å²) in [4.78, 5) is 14.8. The summed E-state index contributed by atoms with van der Waals surface area (Å²) in [6, 6.07) is 9.82. The van der Waals surface area contributed by atoms with Crippen LogP contribution in [0.5, 0.6) is 0 Å². The van der Waals surface area contributed by atoms with Crippen LogP contribution >= 0.6 is 0 Å². The maximum absolute atomic E-state index is 12.9. The normalized spacial score (nSPS) is 18.2. The minimum absolute atomic E-state index is 0.0995. The molecule has 0 bridgehead atoms. The summed E-state index contributed by atoms with van der Waals surface area (Å²) >= 11 is 0. The number of carbonyl (C=O) groups is 1. The number of benzene rings is 1. The summed E-state index contributed by atoms with van der Waals surface area (Å²) < 4.78 is 3.60. The third-order valence-electron chi connectivity index (χ3n) is 4.61. The summed E-state index contributed by atoms with van der Waals surface area (Å²) in [5.41, 5.74) is 1.71. The van der Waals surface area contributed by atoms with Crippen molar-refractivity contribution in [3.05, 3.63) is 42.7 Å². The van der Waals surface area contributed by atoms with Crippen molar-refractivity contribution in [2.75, 3.05) is 6.54 Å². The van der Waals surface area contributed by atoms with Crippen molar-refractivity contribution in [3.63, 3.8) is 0 Å². The lowest BCUT2D eigenvalue weighted by Crippen LogP contribution is -2.47. The summed E-state index contributed by atoms with van der Waals surface area (Å²) in [5.74, 6) is 0.0995. The van der Waals surface area contributed by atoms with Crippen LogP contribution in [0.1, 0.15) is 19.3 Å². The highest BCUT2D eigenvalue weighted by atomic mass is 16.2. The molecule has 7 heteroatoms. The van der Waals surface area contributed by atoms with E-state index in [1.807, 2.05) is 46.1 Å². The smallest absolute Gasteiger partial charge is 0.244 e. The molecule has 0 N–H and O–H groups in total. The van der Waals surface area contributed by atoms with Crippen LogP contribution in [-0.4, -0.2) is 48.2 Å².